The quantitative estimate of drug-likeness (QED) is 0.829. The minimum Gasteiger partial charge on any atom is -0.497 e. The van der Waals surface area contributed by atoms with Crippen molar-refractivity contribution >= 4 is 15.9 Å². The Morgan fingerprint density at radius 3 is 2.63 bits per heavy atom. The van der Waals surface area contributed by atoms with E-state index in [2.05, 4.69) is 35.1 Å². The van der Waals surface area contributed by atoms with Gasteiger partial charge in [0, 0.05) is 12.6 Å². The van der Waals surface area contributed by atoms with Gasteiger partial charge < -0.3 is 14.8 Å². The molecule has 1 aliphatic carbocycles. The van der Waals surface area contributed by atoms with Gasteiger partial charge in [0.2, 0.25) is 0 Å². The van der Waals surface area contributed by atoms with Gasteiger partial charge in [-0.1, -0.05) is 13.8 Å². The summed E-state index contributed by atoms with van der Waals surface area (Å²) in [6.45, 7) is 5.29. The molecule has 1 N–H and O–H groups in total. The van der Waals surface area contributed by atoms with Gasteiger partial charge in [-0.2, -0.15) is 0 Å². The third kappa shape index (κ3) is 4.39. The van der Waals surface area contributed by atoms with Crippen LogP contribution in [0, 0.1) is 5.92 Å². The van der Waals surface area contributed by atoms with E-state index in [1.54, 1.807) is 7.11 Å². The van der Waals surface area contributed by atoms with Crippen LogP contribution < -0.4 is 14.8 Å². The number of nitrogens with one attached hydrogen (secondary N) is 1. The Morgan fingerprint density at radius 2 is 2.11 bits per heavy atom. The smallest absolute Gasteiger partial charge is 0.134 e. The molecule has 106 valence electrons. The lowest BCUT2D eigenvalue weighted by atomic mass is 10.1. The minimum absolute atomic E-state index is 0.185. The molecule has 0 spiro atoms. The van der Waals surface area contributed by atoms with E-state index < -0.39 is 0 Å². The van der Waals surface area contributed by atoms with E-state index in [0.29, 0.717) is 12.0 Å². The molecule has 0 aliphatic heterocycles. The van der Waals surface area contributed by atoms with E-state index in [9.17, 15) is 0 Å². The summed E-state index contributed by atoms with van der Waals surface area (Å²) in [6.07, 6.45) is 2.79. The maximum atomic E-state index is 6.12. The molecular formula is C15H22BrNO2. The third-order valence-electron chi connectivity index (χ3n) is 3.35. The lowest BCUT2D eigenvalue weighted by Crippen LogP contribution is -2.36. The summed E-state index contributed by atoms with van der Waals surface area (Å²) in [5, 5.41) is 3.54. The Hall–Kier alpha value is -0.740. The predicted molar refractivity (Wildman–Crippen MR) is 81.0 cm³/mol. The molecule has 0 bridgehead atoms. The Labute approximate surface area is 123 Å². The van der Waals surface area contributed by atoms with E-state index in [4.69, 9.17) is 9.47 Å². The zero-order chi connectivity index (χ0) is 13.8. The summed E-state index contributed by atoms with van der Waals surface area (Å²) < 4.78 is 12.2. The number of halogens is 1. The Bertz CT molecular complexity index is 419. The lowest BCUT2D eigenvalue weighted by molar-refractivity contribution is 0.147. The summed E-state index contributed by atoms with van der Waals surface area (Å²) in [7, 11) is 1.67. The largest absolute Gasteiger partial charge is 0.497 e. The third-order valence-corrected chi connectivity index (χ3v) is 3.97. The first-order valence-electron chi connectivity index (χ1n) is 6.83. The molecule has 1 aliphatic rings. The van der Waals surface area contributed by atoms with Crippen molar-refractivity contribution in [2.75, 3.05) is 13.7 Å². The van der Waals surface area contributed by atoms with Gasteiger partial charge >= 0.3 is 0 Å². The number of hydrogen-bond donors (Lipinski definition) is 1. The highest BCUT2D eigenvalue weighted by Gasteiger charge is 2.24. The first kappa shape index (κ1) is 14.7. The van der Waals surface area contributed by atoms with Crippen molar-refractivity contribution in [1.29, 1.82) is 0 Å². The fourth-order valence-electron chi connectivity index (χ4n) is 1.85. The Balaban J connectivity index is 1.98. The molecule has 3 nitrogen and oxygen atoms in total. The van der Waals surface area contributed by atoms with E-state index in [1.165, 1.54) is 12.8 Å². The van der Waals surface area contributed by atoms with Crippen molar-refractivity contribution in [3.63, 3.8) is 0 Å². The van der Waals surface area contributed by atoms with Crippen LogP contribution in [0.25, 0.3) is 0 Å². The second-order valence-electron chi connectivity index (χ2n) is 5.38. The number of benzene rings is 1. The second kappa shape index (κ2) is 6.62. The molecule has 0 radical (unpaired) electrons. The monoisotopic (exact) mass is 327 g/mol. The molecule has 1 aromatic rings. The van der Waals surface area contributed by atoms with Crippen molar-refractivity contribution in [3.8, 4) is 11.5 Å². The zero-order valence-corrected chi connectivity index (χ0v) is 13.4. The average molecular weight is 328 g/mol. The summed E-state index contributed by atoms with van der Waals surface area (Å²) >= 11 is 3.53. The van der Waals surface area contributed by atoms with Crippen LogP contribution >= 0.6 is 15.9 Å². The van der Waals surface area contributed by atoms with E-state index in [1.807, 2.05) is 18.2 Å². The standard InChI is InChI=1S/C15H22BrNO2/c1-10(2)15(9-17-11-4-5-11)19-14-7-6-12(18-3)8-13(14)16/h6-8,10-11,15,17H,4-5,9H2,1-3H3. The molecule has 2 rings (SSSR count). The van der Waals surface area contributed by atoms with E-state index >= 15 is 0 Å². The van der Waals surface area contributed by atoms with Gasteiger partial charge in [-0.15, -0.1) is 0 Å². The van der Waals surface area contributed by atoms with Crippen LogP contribution in [0.1, 0.15) is 26.7 Å². The van der Waals surface area contributed by atoms with Gasteiger partial charge in [0.25, 0.3) is 0 Å². The molecular weight excluding hydrogens is 306 g/mol. The van der Waals surface area contributed by atoms with Crippen LogP contribution in [0.3, 0.4) is 0 Å². The lowest BCUT2D eigenvalue weighted by Gasteiger charge is -2.24. The molecule has 0 saturated heterocycles. The highest BCUT2D eigenvalue weighted by Crippen LogP contribution is 2.30. The number of ether oxygens (including phenoxy) is 2. The number of methoxy groups -OCH3 is 1. The molecule has 0 amide bonds. The molecule has 0 heterocycles. The van der Waals surface area contributed by atoms with Gasteiger partial charge in [0.15, 0.2) is 0 Å². The predicted octanol–water partition coefficient (Wildman–Crippen LogP) is 3.61. The zero-order valence-electron chi connectivity index (χ0n) is 11.8. The van der Waals surface area contributed by atoms with Crippen LogP contribution in [0.4, 0.5) is 0 Å². The van der Waals surface area contributed by atoms with Crippen molar-refractivity contribution < 1.29 is 9.47 Å². The van der Waals surface area contributed by atoms with Crippen molar-refractivity contribution in [2.45, 2.75) is 38.8 Å². The van der Waals surface area contributed by atoms with Crippen LogP contribution in [-0.2, 0) is 0 Å². The van der Waals surface area contributed by atoms with E-state index in [0.717, 1.165) is 22.5 Å². The van der Waals surface area contributed by atoms with Crippen LogP contribution in [-0.4, -0.2) is 25.8 Å². The number of rotatable bonds is 7. The Morgan fingerprint density at radius 1 is 1.37 bits per heavy atom. The van der Waals surface area contributed by atoms with Crippen molar-refractivity contribution in [2.24, 2.45) is 5.92 Å². The fraction of sp³-hybridized carbons (Fsp3) is 0.600. The summed E-state index contributed by atoms with van der Waals surface area (Å²) in [6, 6.07) is 6.52. The highest BCUT2D eigenvalue weighted by molar-refractivity contribution is 9.10. The van der Waals surface area contributed by atoms with Gasteiger partial charge in [-0.05, 0) is 52.9 Å². The first-order valence-corrected chi connectivity index (χ1v) is 7.63. The fourth-order valence-corrected chi connectivity index (χ4v) is 2.30. The second-order valence-corrected chi connectivity index (χ2v) is 6.23. The summed E-state index contributed by atoms with van der Waals surface area (Å²) in [5.74, 6) is 2.17. The molecule has 1 saturated carbocycles. The first-order chi connectivity index (χ1) is 9.10. The molecule has 0 aromatic heterocycles. The van der Waals surface area contributed by atoms with E-state index in [-0.39, 0.29) is 6.10 Å². The molecule has 1 atom stereocenters. The van der Waals surface area contributed by atoms with Gasteiger partial charge in [-0.25, -0.2) is 0 Å². The SMILES string of the molecule is COc1ccc(OC(CNC2CC2)C(C)C)c(Br)c1. The molecule has 19 heavy (non-hydrogen) atoms. The van der Waals surface area contributed by atoms with Gasteiger partial charge in [-0.3, -0.25) is 0 Å². The minimum atomic E-state index is 0.185. The van der Waals surface area contributed by atoms with Crippen molar-refractivity contribution in [1.82, 2.24) is 5.32 Å². The van der Waals surface area contributed by atoms with Crippen LogP contribution in [0.15, 0.2) is 22.7 Å². The van der Waals surface area contributed by atoms with Crippen molar-refractivity contribution in [3.05, 3.63) is 22.7 Å². The average Bonchev–Trinajstić information content (AvgIpc) is 3.19. The maximum Gasteiger partial charge on any atom is 0.134 e. The van der Waals surface area contributed by atoms with Gasteiger partial charge in [0.05, 0.1) is 11.6 Å². The molecule has 1 aromatic carbocycles. The van der Waals surface area contributed by atoms with Crippen LogP contribution in [0.5, 0.6) is 11.5 Å². The van der Waals surface area contributed by atoms with Crippen LogP contribution in [0.2, 0.25) is 0 Å². The number of hydrogen-bond acceptors (Lipinski definition) is 3. The topological polar surface area (TPSA) is 30.5 Å². The Kier molecular flexibility index (Phi) is 5.11. The molecule has 4 heteroatoms. The highest BCUT2D eigenvalue weighted by atomic mass is 79.9. The van der Waals surface area contributed by atoms with Gasteiger partial charge in [0.1, 0.15) is 17.6 Å². The summed E-state index contributed by atoms with van der Waals surface area (Å²) in [5.41, 5.74) is 0. The molecule has 1 fully saturated rings. The summed E-state index contributed by atoms with van der Waals surface area (Å²) in [4.78, 5) is 0. The normalized spacial score (nSPS) is 16.5. The molecule has 1 unspecified atom stereocenters. The maximum absolute atomic E-state index is 6.12.